The highest BCUT2D eigenvalue weighted by Crippen LogP contribution is 2.23. The first-order valence-electron chi connectivity index (χ1n) is 8.15. The summed E-state index contributed by atoms with van der Waals surface area (Å²) in [5, 5.41) is 7.45. The van der Waals surface area contributed by atoms with E-state index in [0.717, 1.165) is 25.3 Å². The Kier molecular flexibility index (Phi) is 4.21. The van der Waals surface area contributed by atoms with Gasteiger partial charge in [0, 0.05) is 35.2 Å². The summed E-state index contributed by atoms with van der Waals surface area (Å²) in [6.07, 6.45) is 2.12. The lowest BCUT2D eigenvalue weighted by molar-refractivity contribution is -0.121. The van der Waals surface area contributed by atoms with Gasteiger partial charge >= 0.3 is 0 Å². The number of aromatic nitrogens is 1. The minimum atomic E-state index is 0.0579. The second kappa shape index (κ2) is 6.13. The Labute approximate surface area is 131 Å². The molecule has 22 heavy (non-hydrogen) atoms. The Balaban J connectivity index is 1.73. The molecule has 0 saturated carbocycles. The van der Waals surface area contributed by atoms with E-state index in [-0.39, 0.29) is 11.8 Å². The predicted molar refractivity (Wildman–Crippen MR) is 90.9 cm³/mol. The molecule has 4 heteroatoms. The number of nitrogens with one attached hydrogen (secondary N) is 2. The smallest absolute Gasteiger partial charge is 0.227 e. The number of hydrogen-bond acceptors (Lipinski definition) is 2. The van der Waals surface area contributed by atoms with Gasteiger partial charge in [0.05, 0.1) is 0 Å². The summed E-state index contributed by atoms with van der Waals surface area (Å²) >= 11 is 0. The number of anilines is 1. The van der Waals surface area contributed by atoms with E-state index in [0.29, 0.717) is 11.8 Å². The summed E-state index contributed by atoms with van der Waals surface area (Å²) in [6, 6.07) is 8.29. The van der Waals surface area contributed by atoms with E-state index in [1.165, 1.54) is 10.9 Å². The van der Waals surface area contributed by atoms with Gasteiger partial charge in [-0.15, -0.1) is 0 Å². The van der Waals surface area contributed by atoms with Gasteiger partial charge in [-0.1, -0.05) is 20.8 Å². The van der Waals surface area contributed by atoms with Gasteiger partial charge in [-0.2, -0.15) is 0 Å². The van der Waals surface area contributed by atoms with Crippen LogP contribution in [-0.2, 0) is 11.3 Å². The van der Waals surface area contributed by atoms with Crippen molar-refractivity contribution < 1.29 is 4.79 Å². The first-order valence-corrected chi connectivity index (χ1v) is 8.15. The molecule has 2 aromatic rings. The molecular formula is C18H25N3O. The molecule has 1 unspecified atom stereocenters. The lowest BCUT2D eigenvalue weighted by atomic mass is 9.88. The average molecular weight is 299 g/mol. The minimum absolute atomic E-state index is 0.0579. The van der Waals surface area contributed by atoms with Crippen LogP contribution in [0.1, 0.15) is 20.8 Å². The molecule has 0 bridgehead atoms. The van der Waals surface area contributed by atoms with Crippen LogP contribution in [-0.4, -0.2) is 23.6 Å². The molecule has 118 valence electrons. The summed E-state index contributed by atoms with van der Waals surface area (Å²) < 4.78 is 2.27. The van der Waals surface area contributed by atoms with Gasteiger partial charge in [-0.3, -0.25) is 4.79 Å². The minimum Gasteiger partial charge on any atom is -0.347 e. The SMILES string of the molecule is CC(C)Cn1ccc2cc(NC(=O)C(C)C3CNC3)ccc21. The predicted octanol–water partition coefficient (Wildman–Crippen LogP) is 3.09. The largest absolute Gasteiger partial charge is 0.347 e. The highest BCUT2D eigenvalue weighted by Gasteiger charge is 2.28. The molecule has 1 aromatic carbocycles. The fourth-order valence-corrected chi connectivity index (χ4v) is 2.97. The molecule has 1 aliphatic rings. The molecule has 1 fully saturated rings. The highest BCUT2D eigenvalue weighted by molar-refractivity contribution is 5.95. The fourth-order valence-electron chi connectivity index (χ4n) is 2.97. The van der Waals surface area contributed by atoms with Crippen molar-refractivity contribution in [2.75, 3.05) is 18.4 Å². The summed E-state index contributed by atoms with van der Waals surface area (Å²) in [6.45, 7) is 9.37. The van der Waals surface area contributed by atoms with E-state index in [9.17, 15) is 4.79 Å². The standard InChI is InChI=1S/C18H25N3O/c1-12(2)11-21-7-6-14-8-16(4-5-17(14)21)20-18(22)13(3)15-9-19-10-15/h4-8,12-13,15,19H,9-11H2,1-3H3,(H,20,22). The quantitative estimate of drug-likeness (QED) is 0.891. The van der Waals surface area contributed by atoms with Crippen molar-refractivity contribution in [2.45, 2.75) is 27.3 Å². The first kappa shape index (κ1) is 15.1. The normalized spacial score (nSPS) is 16.7. The van der Waals surface area contributed by atoms with Crippen molar-refractivity contribution in [3.8, 4) is 0 Å². The molecule has 1 aromatic heterocycles. The van der Waals surface area contributed by atoms with Gasteiger partial charge in [0.2, 0.25) is 5.91 Å². The lowest BCUT2D eigenvalue weighted by Crippen LogP contribution is -2.48. The van der Waals surface area contributed by atoms with Crippen LogP contribution in [0.15, 0.2) is 30.5 Å². The molecule has 0 spiro atoms. The van der Waals surface area contributed by atoms with Crippen molar-refractivity contribution in [2.24, 2.45) is 17.8 Å². The number of carbonyl (C=O) groups is 1. The Morgan fingerprint density at radius 1 is 1.32 bits per heavy atom. The Hall–Kier alpha value is -1.81. The molecule has 1 aliphatic heterocycles. The maximum Gasteiger partial charge on any atom is 0.227 e. The van der Waals surface area contributed by atoms with Crippen LogP contribution in [0, 0.1) is 17.8 Å². The van der Waals surface area contributed by atoms with Gasteiger partial charge in [0.1, 0.15) is 0 Å². The number of amides is 1. The zero-order chi connectivity index (χ0) is 15.7. The third-order valence-electron chi connectivity index (χ3n) is 4.53. The number of hydrogen-bond donors (Lipinski definition) is 2. The maximum absolute atomic E-state index is 12.3. The zero-order valence-electron chi connectivity index (χ0n) is 13.6. The van der Waals surface area contributed by atoms with Crippen molar-refractivity contribution >= 4 is 22.5 Å². The van der Waals surface area contributed by atoms with Crippen LogP contribution >= 0.6 is 0 Å². The maximum atomic E-state index is 12.3. The Morgan fingerprint density at radius 3 is 2.73 bits per heavy atom. The number of carbonyl (C=O) groups excluding carboxylic acids is 1. The Morgan fingerprint density at radius 2 is 2.09 bits per heavy atom. The molecule has 1 saturated heterocycles. The third kappa shape index (κ3) is 3.02. The third-order valence-corrected chi connectivity index (χ3v) is 4.53. The topological polar surface area (TPSA) is 46.1 Å². The summed E-state index contributed by atoms with van der Waals surface area (Å²) in [4.78, 5) is 12.3. The van der Waals surface area contributed by atoms with E-state index in [4.69, 9.17) is 0 Å². The van der Waals surface area contributed by atoms with Crippen molar-refractivity contribution in [3.63, 3.8) is 0 Å². The van der Waals surface area contributed by atoms with E-state index in [1.807, 2.05) is 13.0 Å². The summed E-state index contributed by atoms with van der Waals surface area (Å²) in [5.41, 5.74) is 2.11. The van der Waals surface area contributed by atoms with Gasteiger partial charge in [0.25, 0.3) is 0 Å². The van der Waals surface area contributed by atoms with Crippen LogP contribution in [0.2, 0.25) is 0 Å². The first-order chi connectivity index (χ1) is 10.5. The molecule has 1 atom stereocenters. The number of fused-ring (bicyclic) bond motifs is 1. The van der Waals surface area contributed by atoms with Gasteiger partial charge < -0.3 is 15.2 Å². The van der Waals surface area contributed by atoms with Gasteiger partial charge in [0.15, 0.2) is 0 Å². The summed E-state index contributed by atoms with van der Waals surface area (Å²) in [7, 11) is 0. The van der Waals surface area contributed by atoms with E-state index in [2.05, 4.69) is 53.4 Å². The van der Waals surface area contributed by atoms with Gasteiger partial charge in [-0.05, 0) is 49.2 Å². The van der Waals surface area contributed by atoms with Crippen molar-refractivity contribution in [1.82, 2.24) is 9.88 Å². The molecule has 0 aliphatic carbocycles. The van der Waals surface area contributed by atoms with E-state index >= 15 is 0 Å². The molecule has 2 heterocycles. The summed E-state index contributed by atoms with van der Waals surface area (Å²) in [5.74, 6) is 1.26. The average Bonchev–Trinajstić information content (AvgIpc) is 2.78. The van der Waals surface area contributed by atoms with E-state index in [1.54, 1.807) is 0 Å². The molecule has 2 N–H and O–H groups in total. The molecule has 1 amide bonds. The van der Waals surface area contributed by atoms with Crippen LogP contribution in [0.3, 0.4) is 0 Å². The van der Waals surface area contributed by atoms with Crippen LogP contribution in [0.5, 0.6) is 0 Å². The lowest BCUT2D eigenvalue weighted by Gasteiger charge is -2.31. The number of nitrogens with zero attached hydrogens (tertiary/aromatic N) is 1. The van der Waals surface area contributed by atoms with Crippen molar-refractivity contribution in [1.29, 1.82) is 0 Å². The highest BCUT2D eigenvalue weighted by atomic mass is 16.1. The fraction of sp³-hybridized carbons (Fsp3) is 0.500. The Bertz CT molecular complexity index is 670. The second-order valence-electron chi connectivity index (χ2n) is 6.83. The van der Waals surface area contributed by atoms with Crippen LogP contribution < -0.4 is 10.6 Å². The van der Waals surface area contributed by atoms with Gasteiger partial charge in [-0.25, -0.2) is 0 Å². The molecule has 0 radical (unpaired) electrons. The van der Waals surface area contributed by atoms with Crippen LogP contribution in [0.4, 0.5) is 5.69 Å². The molecule has 3 rings (SSSR count). The number of benzene rings is 1. The molecule has 4 nitrogen and oxygen atoms in total. The second-order valence-corrected chi connectivity index (χ2v) is 6.83. The zero-order valence-corrected chi connectivity index (χ0v) is 13.6. The van der Waals surface area contributed by atoms with Crippen LogP contribution in [0.25, 0.3) is 10.9 Å². The number of rotatable bonds is 5. The molecular weight excluding hydrogens is 274 g/mol. The monoisotopic (exact) mass is 299 g/mol. The van der Waals surface area contributed by atoms with Crippen molar-refractivity contribution in [3.05, 3.63) is 30.5 Å². The van der Waals surface area contributed by atoms with E-state index < -0.39 is 0 Å².